The van der Waals surface area contributed by atoms with Gasteiger partial charge in [-0.3, -0.25) is 4.79 Å². The van der Waals surface area contributed by atoms with E-state index in [1.165, 1.54) is 24.3 Å². The third-order valence-electron chi connectivity index (χ3n) is 6.52. The van der Waals surface area contributed by atoms with Gasteiger partial charge in [0.1, 0.15) is 23.1 Å². The molecule has 1 fully saturated rings. The number of carbonyl (C=O) groups excluding carboxylic acids is 2. The van der Waals surface area contributed by atoms with E-state index in [1.54, 1.807) is 41.3 Å². The van der Waals surface area contributed by atoms with Gasteiger partial charge in [-0.25, -0.2) is 18.0 Å². The molecule has 1 aliphatic rings. The fourth-order valence-corrected chi connectivity index (χ4v) is 4.47. The first-order valence-corrected chi connectivity index (χ1v) is 11.3. The summed E-state index contributed by atoms with van der Waals surface area (Å²) in [4.78, 5) is 26.1. The van der Waals surface area contributed by atoms with E-state index < -0.39 is 35.1 Å². The first-order chi connectivity index (χ1) is 16.7. The lowest BCUT2D eigenvalue weighted by Crippen LogP contribution is -2.49. The second kappa shape index (κ2) is 9.82. The molecule has 1 saturated heterocycles. The number of ether oxygens (including phenoxy) is 1. The van der Waals surface area contributed by atoms with Gasteiger partial charge in [0.05, 0.1) is 6.04 Å². The van der Waals surface area contributed by atoms with Gasteiger partial charge in [0.15, 0.2) is 0 Å². The first-order valence-electron chi connectivity index (χ1n) is 11.3. The van der Waals surface area contributed by atoms with Crippen LogP contribution in [0, 0.1) is 17.5 Å². The number of halogens is 3. The van der Waals surface area contributed by atoms with Crippen LogP contribution in [0.1, 0.15) is 43.4 Å². The fraction of sp³-hybridized carbons (Fsp3) is 0.259. The Kier molecular flexibility index (Phi) is 6.82. The second-order valence-corrected chi connectivity index (χ2v) is 8.70. The Morgan fingerprint density at radius 3 is 2.29 bits per heavy atom. The molecule has 0 bridgehead atoms. The number of benzene rings is 3. The summed E-state index contributed by atoms with van der Waals surface area (Å²) < 4.78 is 46.7. The largest absolute Gasteiger partial charge is 0.438 e. The number of primary amides is 1. The van der Waals surface area contributed by atoms with Crippen molar-refractivity contribution in [2.45, 2.75) is 37.8 Å². The van der Waals surface area contributed by atoms with E-state index in [0.717, 1.165) is 11.6 Å². The minimum atomic E-state index is -1.08. The van der Waals surface area contributed by atoms with E-state index in [1.807, 2.05) is 6.92 Å². The zero-order valence-electron chi connectivity index (χ0n) is 19.1. The molecule has 0 saturated carbocycles. The number of amides is 2. The smallest absolute Gasteiger partial charge is 0.411 e. The molecule has 3 aromatic rings. The molecule has 0 aromatic heterocycles. The van der Waals surface area contributed by atoms with Gasteiger partial charge in [0, 0.05) is 37.4 Å². The standard InChI is InChI=1S/C27H25F3N2O3/c1-17(18-2-4-19(5-3-18)23-11-10-22(29)16-24(23)30)32-15-14-27(35-26(32)34,13-12-25(31)33)20-6-8-21(28)9-7-20/h2-11,16-17H,12-15H2,1H3,(H2,31,33)/t17-,27+/m0/s1. The molecule has 0 radical (unpaired) electrons. The van der Waals surface area contributed by atoms with Crippen LogP contribution < -0.4 is 5.73 Å². The molecule has 2 atom stereocenters. The fourth-order valence-electron chi connectivity index (χ4n) is 4.47. The Morgan fingerprint density at radius 2 is 1.69 bits per heavy atom. The monoisotopic (exact) mass is 482 g/mol. The van der Waals surface area contributed by atoms with Crippen LogP contribution in [0.5, 0.6) is 0 Å². The molecule has 1 heterocycles. The number of rotatable bonds is 7. The van der Waals surface area contributed by atoms with Crippen molar-refractivity contribution >= 4 is 12.0 Å². The molecule has 0 spiro atoms. The van der Waals surface area contributed by atoms with E-state index in [9.17, 15) is 22.8 Å². The van der Waals surface area contributed by atoms with Gasteiger partial charge in [-0.15, -0.1) is 0 Å². The van der Waals surface area contributed by atoms with Crippen LogP contribution >= 0.6 is 0 Å². The summed E-state index contributed by atoms with van der Waals surface area (Å²) >= 11 is 0. The summed E-state index contributed by atoms with van der Waals surface area (Å²) in [6.07, 6.45) is 0.0358. The lowest BCUT2D eigenvalue weighted by atomic mass is 9.84. The van der Waals surface area contributed by atoms with Crippen molar-refractivity contribution in [2.75, 3.05) is 6.54 Å². The normalized spacial score (nSPS) is 18.7. The maximum Gasteiger partial charge on any atom is 0.411 e. The predicted octanol–water partition coefficient (Wildman–Crippen LogP) is 5.84. The van der Waals surface area contributed by atoms with Gasteiger partial charge >= 0.3 is 6.09 Å². The minimum Gasteiger partial charge on any atom is -0.438 e. The summed E-state index contributed by atoms with van der Waals surface area (Å²) in [7, 11) is 0. The lowest BCUT2D eigenvalue weighted by Gasteiger charge is -2.43. The number of cyclic esters (lactones) is 1. The highest BCUT2D eigenvalue weighted by Crippen LogP contribution is 2.40. The molecule has 5 nitrogen and oxygen atoms in total. The molecule has 3 aromatic carbocycles. The number of nitrogens with zero attached hydrogens (tertiary/aromatic N) is 1. The maximum atomic E-state index is 14.1. The van der Waals surface area contributed by atoms with Crippen LogP contribution in [-0.2, 0) is 15.1 Å². The van der Waals surface area contributed by atoms with E-state index in [2.05, 4.69) is 0 Å². The SMILES string of the molecule is C[C@@H](c1ccc(-c2ccc(F)cc2F)cc1)N1CC[C@](CCC(N)=O)(c2ccc(F)cc2)OC1=O. The third kappa shape index (κ3) is 5.16. The molecule has 0 unspecified atom stereocenters. The maximum absolute atomic E-state index is 14.1. The van der Waals surface area contributed by atoms with Crippen molar-refractivity contribution in [1.82, 2.24) is 4.90 Å². The molecule has 4 rings (SSSR count). The quantitative estimate of drug-likeness (QED) is 0.460. The van der Waals surface area contributed by atoms with Crippen LogP contribution in [0.3, 0.4) is 0 Å². The van der Waals surface area contributed by atoms with E-state index >= 15 is 0 Å². The van der Waals surface area contributed by atoms with Gasteiger partial charge in [0.25, 0.3) is 0 Å². The van der Waals surface area contributed by atoms with Crippen LogP contribution in [-0.4, -0.2) is 23.4 Å². The summed E-state index contributed by atoms with van der Waals surface area (Å²) in [5, 5.41) is 0. The van der Waals surface area contributed by atoms with Gasteiger partial charge in [-0.05, 0) is 47.9 Å². The molecule has 2 amide bonds. The Hall–Kier alpha value is -3.81. The van der Waals surface area contributed by atoms with Gasteiger partial charge in [-0.2, -0.15) is 0 Å². The van der Waals surface area contributed by atoms with Crippen molar-refractivity contribution < 1.29 is 27.5 Å². The second-order valence-electron chi connectivity index (χ2n) is 8.70. The third-order valence-corrected chi connectivity index (χ3v) is 6.52. The molecule has 0 aliphatic carbocycles. The summed E-state index contributed by atoms with van der Waals surface area (Å²) in [6.45, 7) is 2.19. The van der Waals surface area contributed by atoms with Crippen LogP contribution in [0.4, 0.5) is 18.0 Å². The Bertz CT molecular complexity index is 1230. The van der Waals surface area contributed by atoms with Crippen LogP contribution in [0.25, 0.3) is 11.1 Å². The van der Waals surface area contributed by atoms with E-state index in [-0.39, 0.29) is 24.4 Å². The average molecular weight is 483 g/mol. The van der Waals surface area contributed by atoms with Crippen molar-refractivity contribution in [1.29, 1.82) is 0 Å². The predicted molar refractivity (Wildman–Crippen MR) is 125 cm³/mol. The highest BCUT2D eigenvalue weighted by Gasteiger charge is 2.43. The van der Waals surface area contributed by atoms with Crippen molar-refractivity contribution in [3.63, 3.8) is 0 Å². The molecule has 1 aliphatic heterocycles. The van der Waals surface area contributed by atoms with Crippen molar-refractivity contribution in [3.8, 4) is 11.1 Å². The van der Waals surface area contributed by atoms with E-state index in [4.69, 9.17) is 10.5 Å². The number of carbonyl (C=O) groups is 2. The lowest BCUT2D eigenvalue weighted by molar-refractivity contribution is -0.121. The van der Waals surface area contributed by atoms with Gasteiger partial charge < -0.3 is 15.4 Å². The number of hydrogen-bond donors (Lipinski definition) is 1. The summed E-state index contributed by atoms with van der Waals surface area (Å²) in [5.74, 6) is -2.23. The van der Waals surface area contributed by atoms with Crippen LogP contribution in [0.15, 0.2) is 66.7 Å². The van der Waals surface area contributed by atoms with E-state index in [0.29, 0.717) is 24.1 Å². The number of hydrogen-bond acceptors (Lipinski definition) is 3. The number of nitrogens with two attached hydrogens (primary N) is 1. The molecule has 8 heteroatoms. The minimum absolute atomic E-state index is 0.0155. The molecule has 182 valence electrons. The van der Waals surface area contributed by atoms with Gasteiger partial charge in [-0.1, -0.05) is 36.4 Å². The summed E-state index contributed by atoms with van der Waals surface area (Å²) in [6, 6.07) is 15.7. The zero-order valence-corrected chi connectivity index (χ0v) is 19.1. The Balaban J connectivity index is 1.53. The first kappa shape index (κ1) is 24.3. The molecular formula is C27H25F3N2O3. The van der Waals surface area contributed by atoms with Crippen molar-refractivity contribution in [3.05, 3.63) is 95.3 Å². The van der Waals surface area contributed by atoms with Crippen molar-refractivity contribution in [2.24, 2.45) is 5.73 Å². The topological polar surface area (TPSA) is 72.6 Å². The average Bonchev–Trinajstić information content (AvgIpc) is 2.83. The summed E-state index contributed by atoms with van der Waals surface area (Å²) in [5.41, 5.74) is 6.52. The molecular weight excluding hydrogens is 457 g/mol. The Morgan fingerprint density at radius 1 is 1.03 bits per heavy atom. The zero-order chi connectivity index (χ0) is 25.2. The molecule has 2 N–H and O–H groups in total. The Labute approximate surface area is 201 Å². The van der Waals surface area contributed by atoms with Crippen LogP contribution in [0.2, 0.25) is 0 Å². The molecule has 35 heavy (non-hydrogen) atoms. The highest BCUT2D eigenvalue weighted by molar-refractivity contribution is 5.74. The highest BCUT2D eigenvalue weighted by atomic mass is 19.1. The van der Waals surface area contributed by atoms with Gasteiger partial charge in [0.2, 0.25) is 5.91 Å².